The molecule has 2 atom stereocenters. The minimum absolute atomic E-state index is 0.0130. The number of carbonyl (C=O) groups is 1. The topological polar surface area (TPSA) is 97.0 Å². The van der Waals surface area contributed by atoms with Gasteiger partial charge in [-0.2, -0.15) is 0 Å². The largest absolute Gasteiger partial charge is 0.379 e. The highest BCUT2D eigenvalue weighted by molar-refractivity contribution is 7.89. The van der Waals surface area contributed by atoms with Crippen LogP contribution in [0, 0.1) is 0 Å². The molecule has 2 unspecified atom stereocenters. The SMILES string of the molecule is O=C(NCC(c1ccccc1)N1CCOCC1)c1cccc(S(=O)(=O)NCC2CCCO2)c1. The number of carbonyl (C=O) groups excluding carboxylic acids is 1. The summed E-state index contributed by atoms with van der Waals surface area (Å²) in [4.78, 5) is 15.3. The molecule has 2 aliphatic rings. The van der Waals surface area contributed by atoms with E-state index in [1.807, 2.05) is 18.2 Å². The van der Waals surface area contributed by atoms with E-state index in [0.717, 1.165) is 31.5 Å². The maximum Gasteiger partial charge on any atom is 0.251 e. The van der Waals surface area contributed by atoms with E-state index >= 15 is 0 Å². The molecule has 2 N–H and O–H groups in total. The first-order valence-corrected chi connectivity index (χ1v) is 12.9. The molecule has 1 amide bonds. The molecule has 0 aliphatic carbocycles. The number of rotatable bonds is 9. The van der Waals surface area contributed by atoms with E-state index in [1.165, 1.54) is 12.1 Å². The van der Waals surface area contributed by atoms with Crippen LogP contribution in [-0.4, -0.2) is 71.3 Å². The molecule has 8 nitrogen and oxygen atoms in total. The zero-order valence-electron chi connectivity index (χ0n) is 18.6. The van der Waals surface area contributed by atoms with Crippen molar-refractivity contribution in [3.63, 3.8) is 0 Å². The number of hydrogen-bond donors (Lipinski definition) is 2. The summed E-state index contributed by atoms with van der Waals surface area (Å²) in [6.07, 6.45) is 1.69. The van der Waals surface area contributed by atoms with Crippen molar-refractivity contribution in [3.05, 3.63) is 65.7 Å². The molecule has 9 heteroatoms. The van der Waals surface area contributed by atoms with E-state index in [9.17, 15) is 13.2 Å². The highest BCUT2D eigenvalue weighted by atomic mass is 32.2. The first-order valence-electron chi connectivity index (χ1n) is 11.4. The number of hydrogen-bond acceptors (Lipinski definition) is 6. The second kappa shape index (κ2) is 11.2. The zero-order chi connectivity index (χ0) is 23.1. The fourth-order valence-corrected chi connectivity index (χ4v) is 5.32. The molecular weight excluding hydrogens is 442 g/mol. The van der Waals surface area contributed by atoms with Crippen molar-refractivity contribution in [2.24, 2.45) is 0 Å². The number of sulfonamides is 1. The van der Waals surface area contributed by atoms with Crippen LogP contribution in [0.25, 0.3) is 0 Å². The molecule has 2 aromatic rings. The van der Waals surface area contributed by atoms with Crippen molar-refractivity contribution >= 4 is 15.9 Å². The molecule has 2 aliphatic heterocycles. The first-order chi connectivity index (χ1) is 16.0. The van der Waals surface area contributed by atoms with Crippen LogP contribution in [0.3, 0.4) is 0 Å². The molecule has 0 radical (unpaired) electrons. The monoisotopic (exact) mass is 473 g/mol. The van der Waals surface area contributed by atoms with Crippen molar-refractivity contribution in [2.45, 2.75) is 29.9 Å². The van der Waals surface area contributed by atoms with Gasteiger partial charge in [0.25, 0.3) is 5.91 Å². The van der Waals surface area contributed by atoms with Crippen LogP contribution >= 0.6 is 0 Å². The van der Waals surface area contributed by atoms with Crippen LogP contribution in [0.15, 0.2) is 59.5 Å². The average molecular weight is 474 g/mol. The number of amides is 1. The zero-order valence-corrected chi connectivity index (χ0v) is 19.4. The molecule has 0 saturated carbocycles. The number of nitrogens with one attached hydrogen (secondary N) is 2. The lowest BCUT2D eigenvalue weighted by Gasteiger charge is -2.35. The number of ether oxygens (including phenoxy) is 2. The third-order valence-corrected chi connectivity index (χ3v) is 7.48. The fraction of sp³-hybridized carbons (Fsp3) is 0.458. The highest BCUT2D eigenvalue weighted by Gasteiger charge is 2.24. The van der Waals surface area contributed by atoms with Gasteiger partial charge in [-0.05, 0) is 36.6 Å². The van der Waals surface area contributed by atoms with Gasteiger partial charge >= 0.3 is 0 Å². The summed E-state index contributed by atoms with van der Waals surface area (Å²) in [6.45, 7) is 4.22. The third kappa shape index (κ3) is 6.39. The maximum absolute atomic E-state index is 12.9. The van der Waals surface area contributed by atoms with Crippen molar-refractivity contribution in [1.82, 2.24) is 14.9 Å². The van der Waals surface area contributed by atoms with Gasteiger partial charge in [-0.3, -0.25) is 9.69 Å². The van der Waals surface area contributed by atoms with Crippen molar-refractivity contribution < 1.29 is 22.7 Å². The Morgan fingerprint density at radius 3 is 2.58 bits per heavy atom. The molecule has 0 aromatic heterocycles. The van der Waals surface area contributed by atoms with E-state index in [0.29, 0.717) is 31.9 Å². The summed E-state index contributed by atoms with van der Waals surface area (Å²) in [5, 5.41) is 2.99. The number of morpholine rings is 1. The quantitative estimate of drug-likeness (QED) is 0.578. The standard InChI is InChI=1S/C24H31N3O5S/c28-24(25-18-23(19-6-2-1-3-7-19)27-11-14-31-15-12-27)20-8-4-10-22(16-20)33(29,30)26-17-21-9-5-13-32-21/h1-4,6-8,10,16,21,23,26H,5,9,11-15,17-18H2,(H,25,28). The van der Waals surface area contributed by atoms with Crippen LogP contribution in [0.2, 0.25) is 0 Å². The summed E-state index contributed by atoms with van der Waals surface area (Å²) in [7, 11) is -3.73. The highest BCUT2D eigenvalue weighted by Crippen LogP contribution is 2.21. The average Bonchev–Trinajstić information content (AvgIpc) is 3.38. The Labute approximate surface area is 195 Å². The van der Waals surface area contributed by atoms with Gasteiger partial charge in [-0.25, -0.2) is 13.1 Å². The van der Waals surface area contributed by atoms with Gasteiger partial charge in [-0.1, -0.05) is 36.4 Å². The Kier molecular flexibility index (Phi) is 8.11. The summed E-state index contributed by atoms with van der Waals surface area (Å²) in [5.74, 6) is -0.305. The Bertz CT molecular complexity index is 1020. The van der Waals surface area contributed by atoms with Gasteiger partial charge in [0.2, 0.25) is 10.0 Å². The lowest BCUT2D eigenvalue weighted by atomic mass is 10.0. The lowest BCUT2D eigenvalue weighted by molar-refractivity contribution is 0.0162. The molecule has 0 bridgehead atoms. The second-order valence-electron chi connectivity index (χ2n) is 8.30. The van der Waals surface area contributed by atoms with Gasteiger partial charge < -0.3 is 14.8 Å². The van der Waals surface area contributed by atoms with Crippen LogP contribution in [0.4, 0.5) is 0 Å². The van der Waals surface area contributed by atoms with E-state index in [-0.39, 0.29) is 29.5 Å². The molecule has 2 fully saturated rings. The van der Waals surface area contributed by atoms with Crippen LogP contribution < -0.4 is 10.0 Å². The van der Waals surface area contributed by atoms with E-state index < -0.39 is 10.0 Å². The van der Waals surface area contributed by atoms with Gasteiger partial charge in [-0.15, -0.1) is 0 Å². The normalized spacial score (nSPS) is 20.4. The van der Waals surface area contributed by atoms with Crippen LogP contribution in [0.1, 0.15) is 34.8 Å². The molecule has 0 spiro atoms. The number of nitrogens with zero attached hydrogens (tertiary/aromatic N) is 1. The molecule has 2 heterocycles. The Balaban J connectivity index is 1.42. The molecule has 4 rings (SSSR count). The summed E-state index contributed by atoms with van der Waals surface area (Å²) in [6, 6.07) is 16.2. The van der Waals surface area contributed by atoms with Gasteiger partial charge in [0, 0.05) is 38.3 Å². The predicted octanol–water partition coefficient (Wildman–Crippen LogP) is 1.95. The minimum atomic E-state index is -3.73. The van der Waals surface area contributed by atoms with Crippen molar-refractivity contribution in [3.8, 4) is 0 Å². The second-order valence-corrected chi connectivity index (χ2v) is 10.1. The smallest absolute Gasteiger partial charge is 0.251 e. The van der Waals surface area contributed by atoms with E-state index in [1.54, 1.807) is 12.1 Å². The summed E-state index contributed by atoms with van der Waals surface area (Å²) >= 11 is 0. The van der Waals surface area contributed by atoms with Gasteiger partial charge in [0.1, 0.15) is 0 Å². The van der Waals surface area contributed by atoms with E-state index in [2.05, 4.69) is 27.1 Å². The van der Waals surface area contributed by atoms with Crippen LogP contribution in [0.5, 0.6) is 0 Å². The predicted molar refractivity (Wildman–Crippen MR) is 125 cm³/mol. The Morgan fingerprint density at radius 2 is 1.85 bits per heavy atom. The van der Waals surface area contributed by atoms with Crippen molar-refractivity contribution in [2.75, 3.05) is 46.0 Å². The third-order valence-electron chi connectivity index (χ3n) is 6.06. The first kappa shape index (κ1) is 23.8. The number of benzene rings is 2. The Morgan fingerprint density at radius 1 is 1.06 bits per heavy atom. The summed E-state index contributed by atoms with van der Waals surface area (Å²) in [5.41, 5.74) is 1.43. The Hall–Kier alpha value is -2.30. The van der Waals surface area contributed by atoms with E-state index in [4.69, 9.17) is 9.47 Å². The van der Waals surface area contributed by atoms with Crippen LogP contribution in [-0.2, 0) is 19.5 Å². The minimum Gasteiger partial charge on any atom is -0.379 e. The molecule has 33 heavy (non-hydrogen) atoms. The molecule has 2 saturated heterocycles. The van der Waals surface area contributed by atoms with Gasteiger partial charge in [0.15, 0.2) is 0 Å². The maximum atomic E-state index is 12.9. The molecule has 178 valence electrons. The summed E-state index contributed by atoms with van der Waals surface area (Å²) < 4.78 is 39.0. The fourth-order valence-electron chi connectivity index (χ4n) is 4.21. The molecule has 2 aromatic carbocycles. The molecular formula is C24H31N3O5S. The van der Waals surface area contributed by atoms with Gasteiger partial charge in [0.05, 0.1) is 30.3 Å². The van der Waals surface area contributed by atoms with Crippen molar-refractivity contribution in [1.29, 1.82) is 0 Å². The lowest BCUT2D eigenvalue weighted by Crippen LogP contribution is -2.43.